The van der Waals surface area contributed by atoms with Crippen molar-refractivity contribution in [2.24, 2.45) is 5.92 Å². The van der Waals surface area contributed by atoms with Gasteiger partial charge in [0.25, 0.3) is 0 Å². The molecule has 2 saturated carbocycles. The van der Waals surface area contributed by atoms with Crippen molar-refractivity contribution in [3.63, 3.8) is 0 Å². The molecule has 4 atom stereocenters. The first kappa shape index (κ1) is 23.5. The van der Waals surface area contributed by atoms with E-state index in [1.165, 1.54) is 0 Å². The van der Waals surface area contributed by atoms with Crippen LogP contribution in [0.5, 0.6) is 0 Å². The first-order valence-corrected chi connectivity index (χ1v) is 12.6. The maximum atomic E-state index is 13.5. The van der Waals surface area contributed by atoms with E-state index in [9.17, 15) is 19.5 Å². The molecule has 0 aromatic heterocycles. The number of nitrogens with one attached hydrogen (secondary N) is 1. The van der Waals surface area contributed by atoms with Gasteiger partial charge in [0.15, 0.2) is 0 Å². The molecule has 0 bridgehead atoms. The number of benzene rings is 2. The van der Waals surface area contributed by atoms with Crippen LogP contribution in [0.25, 0.3) is 0 Å². The first-order valence-electron chi connectivity index (χ1n) is 12.6. The predicted molar refractivity (Wildman–Crippen MR) is 131 cm³/mol. The lowest BCUT2D eigenvalue weighted by Gasteiger charge is -2.53. The maximum Gasteiger partial charge on any atom is 0.414 e. The fourth-order valence-corrected chi connectivity index (χ4v) is 6.16. The zero-order chi connectivity index (χ0) is 24.4. The zero-order valence-electron chi connectivity index (χ0n) is 19.8. The van der Waals surface area contributed by atoms with E-state index in [4.69, 9.17) is 4.74 Å². The van der Waals surface area contributed by atoms with Crippen LogP contribution in [-0.2, 0) is 20.9 Å². The van der Waals surface area contributed by atoms with Crippen molar-refractivity contribution in [2.75, 3.05) is 4.90 Å². The third-order valence-corrected chi connectivity index (χ3v) is 7.83. The summed E-state index contributed by atoms with van der Waals surface area (Å²) in [6.07, 6.45) is 5.52. The van der Waals surface area contributed by atoms with E-state index in [-0.39, 0.29) is 31.0 Å². The minimum Gasteiger partial charge on any atom is -0.480 e. The molecule has 184 valence electrons. The molecule has 4 unspecified atom stereocenters. The number of carboxylic acid groups (broad SMARTS) is 1. The number of anilines is 1. The van der Waals surface area contributed by atoms with Crippen LogP contribution in [0.4, 0.5) is 10.5 Å². The van der Waals surface area contributed by atoms with Crippen LogP contribution >= 0.6 is 0 Å². The van der Waals surface area contributed by atoms with Crippen molar-refractivity contribution in [3.8, 4) is 0 Å². The molecule has 0 saturated heterocycles. The average Bonchev–Trinajstić information content (AvgIpc) is 3.70. The van der Waals surface area contributed by atoms with Gasteiger partial charge in [-0.05, 0) is 48.8 Å². The summed E-state index contributed by atoms with van der Waals surface area (Å²) in [5, 5.41) is 13.9. The van der Waals surface area contributed by atoms with E-state index in [0.717, 1.165) is 55.9 Å². The highest BCUT2D eigenvalue weighted by Gasteiger charge is 2.57. The standard InChI is InChI=1S/C28H32N2O5/c31-17-16-28(26(32)33,29-20-14-15-20)25-21-10-4-6-12-23(21)30(24-13-7-5-11-22(24)25)27(34)35-18-19-8-2-1-3-9-19/h1-4,6,8-10,12,17,20,22,24-25,29H,5,7,11,13-16,18H2,(H,32,33). The first-order chi connectivity index (χ1) is 17.0. The van der Waals surface area contributed by atoms with E-state index in [1.54, 1.807) is 4.90 Å². The van der Waals surface area contributed by atoms with Gasteiger partial charge in [-0.25, -0.2) is 4.79 Å². The number of nitrogens with zero attached hydrogens (tertiary/aromatic N) is 1. The molecule has 2 N–H and O–H groups in total. The zero-order valence-corrected chi connectivity index (χ0v) is 19.8. The molecule has 0 radical (unpaired) electrons. The van der Waals surface area contributed by atoms with Crippen molar-refractivity contribution in [1.82, 2.24) is 5.32 Å². The predicted octanol–water partition coefficient (Wildman–Crippen LogP) is 4.65. The lowest BCUT2D eigenvalue weighted by atomic mass is 9.61. The summed E-state index contributed by atoms with van der Waals surface area (Å²) in [6.45, 7) is 0.173. The number of aldehydes is 1. The summed E-state index contributed by atoms with van der Waals surface area (Å²) in [5.74, 6) is -1.52. The third-order valence-electron chi connectivity index (χ3n) is 7.83. The Labute approximate surface area is 205 Å². The SMILES string of the molecule is O=CCC(NC1CC1)(C(=O)O)C1c2ccccc2N(C(=O)OCc2ccccc2)C2CCCCC21. The van der Waals surface area contributed by atoms with Crippen molar-refractivity contribution in [2.45, 2.75) is 75.1 Å². The van der Waals surface area contributed by atoms with Gasteiger partial charge in [-0.3, -0.25) is 15.0 Å². The Bertz CT molecular complexity index is 1090. The van der Waals surface area contributed by atoms with Crippen LogP contribution in [0.1, 0.15) is 62.0 Å². The van der Waals surface area contributed by atoms with Crippen molar-refractivity contribution < 1.29 is 24.2 Å². The Kier molecular flexibility index (Phi) is 6.60. The van der Waals surface area contributed by atoms with E-state index < -0.39 is 23.5 Å². The molecule has 2 aliphatic carbocycles. The number of carboxylic acids is 1. The highest BCUT2D eigenvalue weighted by atomic mass is 16.6. The number of hydrogen-bond donors (Lipinski definition) is 2. The van der Waals surface area contributed by atoms with E-state index in [0.29, 0.717) is 5.69 Å². The average molecular weight is 477 g/mol. The summed E-state index contributed by atoms with van der Waals surface area (Å²) >= 11 is 0. The van der Waals surface area contributed by atoms with Gasteiger partial charge in [0.2, 0.25) is 0 Å². The fourth-order valence-electron chi connectivity index (χ4n) is 6.16. The number of carbonyl (C=O) groups is 3. The molecule has 2 aromatic carbocycles. The molecule has 1 amide bonds. The Hall–Kier alpha value is -3.19. The number of hydrogen-bond acceptors (Lipinski definition) is 5. The van der Waals surface area contributed by atoms with Gasteiger partial charge < -0.3 is 14.6 Å². The van der Waals surface area contributed by atoms with Crippen LogP contribution in [0, 0.1) is 5.92 Å². The van der Waals surface area contributed by atoms with Crippen molar-refractivity contribution in [3.05, 3.63) is 65.7 Å². The second kappa shape index (κ2) is 9.82. The van der Waals surface area contributed by atoms with Crippen LogP contribution in [0.2, 0.25) is 0 Å². The van der Waals surface area contributed by atoms with Crippen LogP contribution in [-0.4, -0.2) is 41.1 Å². The minimum atomic E-state index is -1.40. The maximum absolute atomic E-state index is 13.5. The van der Waals surface area contributed by atoms with Crippen molar-refractivity contribution in [1.29, 1.82) is 0 Å². The summed E-state index contributed by atoms with van der Waals surface area (Å²) in [5.41, 5.74) is 0.991. The molecule has 1 heterocycles. The second-order valence-corrected chi connectivity index (χ2v) is 10.0. The summed E-state index contributed by atoms with van der Waals surface area (Å²) < 4.78 is 5.76. The number of aliphatic carboxylic acids is 1. The Morgan fingerprint density at radius 3 is 2.46 bits per heavy atom. The van der Waals surface area contributed by atoms with Crippen molar-refractivity contribution >= 4 is 24.0 Å². The molecular formula is C28H32N2O5. The molecule has 2 fully saturated rings. The van der Waals surface area contributed by atoms with Crippen LogP contribution in [0.3, 0.4) is 0 Å². The van der Waals surface area contributed by atoms with Gasteiger partial charge in [-0.2, -0.15) is 0 Å². The molecule has 35 heavy (non-hydrogen) atoms. The highest BCUT2D eigenvalue weighted by molar-refractivity contribution is 5.92. The Morgan fingerprint density at radius 1 is 1.03 bits per heavy atom. The molecule has 5 rings (SSSR count). The third kappa shape index (κ3) is 4.45. The van der Waals surface area contributed by atoms with E-state index in [1.807, 2.05) is 54.6 Å². The molecular weight excluding hydrogens is 444 g/mol. The lowest BCUT2D eigenvalue weighted by molar-refractivity contribution is -0.148. The smallest absolute Gasteiger partial charge is 0.414 e. The fraction of sp³-hybridized carbons (Fsp3) is 0.464. The van der Waals surface area contributed by atoms with Gasteiger partial charge in [0.05, 0.1) is 5.69 Å². The number of amides is 1. The highest BCUT2D eigenvalue weighted by Crippen LogP contribution is 2.53. The minimum absolute atomic E-state index is 0.0924. The summed E-state index contributed by atoms with van der Waals surface area (Å²) in [6, 6.07) is 17.0. The number of rotatable bonds is 8. The van der Waals surface area contributed by atoms with E-state index in [2.05, 4.69) is 5.32 Å². The lowest BCUT2D eigenvalue weighted by Crippen LogP contribution is -2.64. The second-order valence-electron chi connectivity index (χ2n) is 10.0. The monoisotopic (exact) mass is 476 g/mol. The topological polar surface area (TPSA) is 95.9 Å². The molecule has 3 aliphatic rings. The van der Waals surface area contributed by atoms with E-state index >= 15 is 0 Å². The molecule has 0 spiro atoms. The Morgan fingerprint density at radius 2 is 1.74 bits per heavy atom. The van der Waals surface area contributed by atoms with Gasteiger partial charge in [-0.15, -0.1) is 0 Å². The summed E-state index contributed by atoms with van der Waals surface area (Å²) in [7, 11) is 0. The quantitative estimate of drug-likeness (QED) is 0.539. The number of carbonyl (C=O) groups excluding carboxylic acids is 2. The summed E-state index contributed by atoms with van der Waals surface area (Å²) in [4.78, 5) is 40.0. The van der Waals surface area contributed by atoms with Crippen LogP contribution < -0.4 is 10.2 Å². The van der Waals surface area contributed by atoms with Crippen LogP contribution in [0.15, 0.2) is 54.6 Å². The number of para-hydroxylation sites is 1. The number of ether oxygens (including phenoxy) is 1. The Balaban J connectivity index is 1.56. The largest absolute Gasteiger partial charge is 0.480 e. The van der Waals surface area contributed by atoms with Gasteiger partial charge in [-0.1, -0.05) is 61.4 Å². The molecule has 1 aliphatic heterocycles. The molecule has 7 heteroatoms. The normalized spacial score (nSPS) is 25.0. The molecule has 2 aromatic rings. The van der Waals surface area contributed by atoms with Gasteiger partial charge in [0.1, 0.15) is 18.4 Å². The van der Waals surface area contributed by atoms with Gasteiger partial charge in [0, 0.05) is 24.4 Å². The molecule has 7 nitrogen and oxygen atoms in total. The van der Waals surface area contributed by atoms with Gasteiger partial charge >= 0.3 is 12.1 Å². The number of fused-ring (bicyclic) bond motifs is 2.